The third-order valence-corrected chi connectivity index (χ3v) is 2.67. The van der Waals surface area contributed by atoms with E-state index in [0.29, 0.717) is 18.5 Å². The van der Waals surface area contributed by atoms with Crippen molar-refractivity contribution < 1.29 is 9.53 Å². The number of imidazole rings is 1. The quantitative estimate of drug-likeness (QED) is 0.875. The molecule has 5 heteroatoms. The first-order valence-corrected chi connectivity index (χ1v) is 5.66. The summed E-state index contributed by atoms with van der Waals surface area (Å²) in [5, 5.41) is 0. The van der Waals surface area contributed by atoms with Crippen molar-refractivity contribution in [2.75, 3.05) is 13.7 Å². The first-order chi connectivity index (χ1) is 8.76. The van der Waals surface area contributed by atoms with Crippen molar-refractivity contribution in [3.8, 4) is 5.75 Å². The highest BCUT2D eigenvalue weighted by Crippen LogP contribution is 2.13. The van der Waals surface area contributed by atoms with Gasteiger partial charge in [0.05, 0.1) is 7.11 Å². The molecule has 0 atom stereocenters. The number of carbonyl (C=O) groups is 1. The van der Waals surface area contributed by atoms with Crippen LogP contribution in [0.2, 0.25) is 0 Å². The standard InChI is InChI=1S/C13H15N3O2/c1-18-12-4-2-10(3-5-12)13(17)16-9-15-8-11(16)6-7-14/h2-5,8-9H,6-7,14H2,1H3. The molecule has 0 radical (unpaired) electrons. The van der Waals surface area contributed by atoms with Gasteiger partial charge in [0.25, 0.3) is 5.91 Å². The fraction of sp³-hybridized carbons (Fsp3) is 0.231. The zero-order chi connectivity index (χ0) is 13.0. The van der Waals surface area contributed by atoms with E-state index in [0.717, 1.165) is 11.4 Å². The molecule has 0 aliphatic rings. The van der Waals surface area contributed by atoms with Gasteiger partial charge >= 0.3 is 0 Å². The third-order valence-electron chi connectivity index (χ3n) is 2.67. The predicted octanol–water partition coefficient (Wildman–Crippen LogP) is 1.08. The van der Waals surface area contributed by atoms with Crippen LogP contribution in [0.15, 0.2) is 36.8 Å². The molecular weight excluding hydrogens is 230 g/mol. The van der Waals surface area contributed by atoms with E-state index in [2.05, 4.69) is 4.98 Å². The van der Waals surface area contributed by atoms with Crippen LogP contribution < -0.4 is 10.5 Å². The number of nitrogens with two attached hydrogens (primary N) is 1. The van der Waals surface area contributed by atoms with Crippen LogP contribution in [0, 0.1) is 0 Å². The Kier molecular flexibility index (Phi) is 3.74. The number of aromatic nitrogens is 2. The van der Waals surface area contributed by atoms with Crippen LogP contribution in [0.5, 0.6) is 5.75 Å². The first kappa shape index (κ1) is 12.3. The summed E-state index contributed by atoms with van der Waals surface area (Å²) in [7, 11) is 1.59. The highest BCUT2D eigenvalue weighted by Gasteiger charge is 2.12. The summed E-state index contributed by atoms with van der Waals surface area (Å²) in [4.78, 5) is 16.2. The van der Waals surface area contributed by atoms with Gasteiger partial charge in [0.15, 0.2) is 0 Å². The largest absolute Gasteiger partial charge is 0.497 e. The van der Waals surface area contributed by atoms with Gasteiger partial charge in [0, 0.05) is 23.9 Å². The normalized spacial score (nSPS) is 10.3. The van der Waals surface area contributed by atoms with Crippen molar-refractivity contribution >= 4 is 5.91 Å². The molecule has 0 aliphatic carbocycles. The Hall–Kier alpha value is -2.14. The van der Waals surface area contributed by atoms with Crippen LogP contribution in [0.3, 0.4) is 0 Å². The van der Waals surface area contributed by atoms with Crippen molar-refractivity contribution in [2.45, 2.75) is 6.42 Å². The Bertz CT molecular complexity index is 531. The number of carbonyl (C=O) groups excluding carboxylic acids is 1. The number of rotatable bonds is 4. The minimum atomic E-state index is -0.112. The molecule has 1 aromatic heterocycles. The van der Waals surface area contributed by atoms with Gasteiger partial charge in [-0.2, -0.15) is 0 Å². The lowest BCUT2D eigenvalue weighted by Crippen LogP contribution is -2.16. The molecule has 0 bridgehead atoms. The van der Waals surface area contributed by atoms with Crippen molar-refractivity contribution in [3.63, 3.8) is 0 Å². The zero-order valence-corrected chi connectivity index (χ0v) is 10.2. The van der Waals surface area contributed by atoms with Crippen LogP contribution in [0.4, 0.5) is 0 Å². The molecule has 1 heterocycles. The Morgan fingerprint density at radius 3 is 2.72 bits per heavy atom. The molecule has 0 amide bonds. The second-order valence-corrected chi connectivity index (χ2v) is 3.83. The summed E-state index contributed by atoms with van der Waals surface area (Å²) in [6, 6.07) is 6.97. The summed E-state index contributed by atoms with van der Waals surface area (Å²) in [5.74, 6) is 0.609. The van der Waals surface area contributed by atoms with E-state index in [9.17, 15) is 4.79 Å². The van der Waals surface area contributed by atoms with Crippen molar-refractivity contribution in [2.24, 2.45) is 5.73 Å². The molecule has 0 fully saturated rings. The van der Waals surface area contributed by atoms with E-state index in [1.165, 1.54) is 10.9 Å². The smallest absolute Gasteiger partial charge is 0.263 e. The number of nitrogens with zero attached hydrogens (tertiary/aromatic N) is 2. The molecule has 5 nitrogen and oxygen atoms in total. The molecule has 2 rings (SSSR count). The maximum Gasteiger partial charge on any atom is 0.263 e. The van der Waals surface area contributed by atoms with Gasteiger partial charge in [0.2, 0.25) is 0 Å². The van der Waals surface area contributed by atoms with Gasteiger partial charge in [0.1, 0.15) is 12.1 Å². The van der Waals surface area contributed by atoms with Gasteiger partial charge < -0.3 is 10.5 Å². The molecule has 1 aromatic carbocycles. The van der Waals surface area contributed by atoms with E-state index < -0.39 is 0 Å². The van der Waals surface area contributed by atoms with Crippen molar-refractivity contribution in [3.05, 3.63) is 48.0 Å². The second kappa shape index (κ2) is 5.46. The summed E-state index contributed by atoms with van der Waals surface area (Å²) in [5.41, 5.74) is 6.90. The first-order valence-electron chi connectivity index (χ1n) is 5.66. The summed E-state index contributed by atoms with van der Waals surface area (Å²) >= 11 is 0. The van der Waals surface area contributed by atoms with E-state index in [4.69, 9.17) is 10.5 Å². The van der Waals surface area contributed by atoms with Gasteiger partial charge in [-0.1, -0.05) is 0 Å². The Morgan fingerprint density at radius 2 is 2.11 bits per heavy atom. The Balaban J connectivity index is 2.26. The SMILES string of the molecule is COc1ccc(C(=O)n2cncc2CCN)cc1. The summed E-state index contributed by atoms with van der Waals surface area (Å²) in [6.45, 7) is 0.488. The number of benzene rings is 1. The number of methoxy groups -OCH3 is 1. The van der Waals surface area contributed by atoms with Gasteiger partial charge in [-0.25, -0.2) is 4.98 Å². The van der Waals surface area contributed by atoms with Crippen LogP contribution in [-0.4, -0.2) is 29.1 Å². The average Bonchev–Trinajstić information content (AvgIpc) is 2.87. The molecule has 0 spiro atoms. The molecule has 94 valence electrons. The fourth-order valence-corrected chi connectivity index (χ4v) is 1.71. The second-order valence-electron chi connectivity index (χ2n) is 3.83. The van der Waals surface area contributed by atoms with E-state index >= 15 is 0 Å². The van der Waals surface area contributed by atoms with Crippen molar-refractivity contribution in [1.29, 1.82) is 0 Å². The van der Waals surface area contributed by atoms with Gasteiger partial charge in [-0.3, -0.25) is 9.36 Å². The average molecular weight is 245 g/mol. The monoisotopic (exact) mass is 245 g/mol. The van der Waals surface area contributed by atoms with E-state index in [1.807, 2.05) is 0 Å². The minimum Gasteiger partial charge on any atom is -0.497 e. The molecule has 2 N–H and O–H groups in total. The summed E-state index contributed by atoms with van der Waals surface area (Å²) in [6.07, 6.45) is 3.80. The Morgan fingerprint density at radius 1 is 1.39 bits per heavy atom. The van der Waals surface area contributed by atoms with Gasteiger partial charge in [-0.15, -0.1) is 0 Å². The zero-order valence-electron chi connectivity index (χ0n) is 10.2. The molecule has 18 heavy (non-hydrogen) atoms. The van der Waals surface area contributed by atoms with Crippen LogP contribution in [-0.2, 0) is 6.42 Å². The number of hydrogen-bond acceptors (Lipinski definition) is 4. The highest BCUT2D eigenvalue weighted by molar-refractivity contribution is 5.96. The maximum absolute atomic E-state index is 12.2. The number of ether oxygens (including phenoxy) is 1. The number of hydrogen-bond donors (Lipinski definition) is 1. The minimum absolute atomic E-state index is 0.112. The van der Waals surface area contributed by atoms with Crippen LogP contribution in [0.1, 0.15) is 16.1 Å². The molecule has 0 saturated heterocycles. The summed E-state index contributed by atoms with van der Waals surface area (Å²) < 4.78 is 6.58. The maximum atomic E-state index is 12.2. The van der Waals surface area contributed by atoms with Crippen molar-refractivity contribution in [1.82, 2.24) is 9.55 Å². The Labute approximate surface area is 105 Å². The third kappa shape index (κ3) is 2.41. The topological polar surface area (TPSA) is 70.1 Å². The lowest BCUT2D eigenvalue weighted by Gasteiger charge is -2.06. The highest BCUT2D eigenvalue weighted by atomic mass is 16.5. The lowest BCUT2D eigenvalue weighted by atomic mass is 10.2. The molecular formula is C13H15N3O2. The molecule has 0 saturated carbocycles. The predicted molar refractivity (Wildman–Crippen MR) is 67.7 cm³/mol. The fourth-order valence-electron chi connectivity index (χ4n) is 1.71. The van der Waals surface area contributed by atoms with E-state index in [1.54, 1.807) is 37.6 Å². The van der Waals surface area contributed by atoms with Crippen LogP contribution in [0.25, 0.3) is 0 Å². The van der Waals surface area contributed by atoms with Crippen LogP contribution >= 0.6 is 0 Å². The van der Waals surface area contributed by atoms with E-state index in [-0.39, 0.29) is 5.91 Å². The van der Waals surface area contributed by atoms with Gasteiger partial charge in [-0.05, 0) is 30.8 Å². The molecule has 0 unspecified atom stereocenters. The lowest BCUT2D eigenvalue weighted by molar-refractivity contribution is 0.0957. The molecule has 2 aromatic rings. The molecule has 0 aliphatic heterocycles.